The molecule has 0 aromatic carbocycles. The Kier molecular flexibility index (Phi) is 5.12. The molecule has 1 aromatic heterocycles. The molecule has 0 spiro atoms. The highest BCUT2D eigenvalue weighted by atomic mass is 79.9. The van der Waals surface area contributed by atoms with Crippen LogP contribution in [0.5, 0.6) is 0 Å². The molecule has 5 heteroatoms. The first-order valence-corrected chi connectivity index (χ1v) is 7.88. The molecule has 2 atom stereocenters. The third-order valence-electron chi connectivity index (χ3n) is 3.16. The van der Waals surface area contributed by atoms with Crippen molar-refractivity contribution in [3.8, 4) is 0 Å². The van der Waals surface area contributed by atoms with Crippen molar-refractivity contribution < 1.29 is 0 Å². The van der Waals surface area contributed by atoms with E-state index in [2.05, 4.69) is 42.2 Å². The molecule has 17 heavy (non-hydrogen) atoms. The maximum atomic E-state index is 6.33. The molecule has 1 saturated carbocycles. The first-order valence-electron chi connectivity index (χ1n) is 5.86. The van der Waals surface area contributed by atoms with Crippen molar-refractivity contribution in [2.75, 3.05) is 11.9 Å². The third-order valence-corrected chi connectivity index (χ3v) is 4.77. The summed E-state index contributed by atoms with van der Waals surface area (Å²) in [4.78, 5) is 4.34. The maximum absolute atomic E-state index is 6.33. The molecule has 1 heterocycles. The molecule has 0 amide bonds. The van der Waals surface area contributed by atoms with E-state index in [1.54, 1.807) is 6.20 Å². The van der Waals surface area contributed by atoms with Crippen LogP contribution in [0.3, 0.4) is 0 Å². The lowest BCUT2D eigenvalue weighted by Gasteiger charge is -2.27. The van der Waals surface area contributed by atoms with Crippen molar-refractivity contribution in [3.63, 3.8) is 0 Å². The minimum absolute atomic E-state index is 0.311. The minimum atomic E-state index is 0.311. The van der Waals surface area contributed by atoms with Gasteiger partial charge < -0.3 is 5.32 Å². The number of aromatic nitrogens is 1. The number of nitrogens with one attached hydrogen (secondary N) is 1. The van der Waals surface area contributed by atoms with Crippen molar-refractivity contribution in [2.24, 2.45) is 5.92 Å². The number of hydrogen-bond donors (Lipinski definition) is 1. The SMILES string of the molecule is ClC1CCCCC1CNc1ncc(Br)cc1Br. The first kappa shape index (κ1) is 13.6. The van der Waals surface area contributed by atoms with Gasteiger partial charge in [0.25, 0.3) is 0 Å². The molecular weight excluding hydrogens is 367 g/mol. The van der Waals surface area contributed by atoms with Crippen LogP contribution in [-0.2, 0) is 0 Å². The van der Waals surface area contributed by atoms with Gasteiger partial charge in [0.1, 0.15) is 5.82 Å². The van der Waals surface area contributed by atoms with Crippen LogP contribution >= 0.6 is 43.5 Å². The highest BCUT2D eigenvalue weighted by Crippen LogP contribution is 2.30. The van der Waals surface area contributed by atoms with Crippen LogP contribution in [0, 0.1) is 5.92 Å². The summed E-state index contributed by atoms with van der Waals surface area (Å²) in [7, 11) is 0. The highest BCUT2D eigenvalue weighted by molar-refractivity contribution is 9.11. The van der Waals surface area contributed by atoms with Crippen molar-refractivity contribution in [1.82, 2.24) is 4.98 Å². The molecule has 2 nitrogen and oxygen atoms in total. The van der Waals surface area contributed by atoms with Gasteiger partial charge in [-0.25, -0.2) is 4.98 Å². The van der Waals surface area contributed by atoms with Gasteiger partial charge in [0.15, 0.2) is 0 Å². The Balaban J connectivity index is 1.92. The Labute approximate surface area is 124 Å². The van der Waals surface area contributed by atoms with Crippen LogP contribution < -0.4 is 5.32 Å². The van der Waals surface area contributed by atoms with Gasteiger partial charge >= 0.3 is 0 Å². The Morgan fingerprint density at radius 1 is 1.35 bits per heavy atom. The van der Waals surface area contributed by atoms with E-state index in [4.69, 9.17) is 11.6 Å². The van der Waals surface area contributed by atoms with E-state index in [1.165, 1.54) is 19.3 Å². The van der Waals surface area contributed by atoms with Gasteiger partial charge in [-0.2, -0.15) is 0 Å². The van der Waals surface area contributed by atoms with E-state index in [0.717, 1.165) is 27.7 Å². The van der Waals surface area contributed by atoms with Gasteiger partial charge in [0, 0.05) is 22.6 Å². The van der Waals surface area contributed by atoms with Gasteiger partial charge in [-0.1, -0.05) is 12.8 Å². The van der Waals surface area contributed by atoms with E-state index in [1.807, 2.05) is 6.07 Å². The lowest BCUT2D eigenvalue weighted by Crippen LogP contribution is -2.27. The Hall–Kier alpha value is 0.200. The van der Waals surface area contributed by atoms with E-state index < -0.39 is 0 Å². The van der Waals surface area contributed by atoms with Gasteiger partial charge in [0.05, 0.1) is 4.47 Å². The molecule has 0 saturated heterocycles. The van der Waals surface area contributed by atoms with Gasteiger partial charge in [-0.15, -0.1) is 11.6 Å². The zero-order valence-electron chi connectivity index (χ0n) is 9.43. The molecule has 2 unspecified atom stereocenters. The molecule has 1 N–H and O–H groups in total. The summed E-state index contributed by atoms with van der Waals surface area (Å²) in [6, 6.07) is 1.99. The maximum Gasteiger partial charge on any atom is 0.140 e. The molecule has 1 fully saturated rings. The van der Waals surface area contributed by atoms with E-state index in [0.29, 0.717) is 11.3 Å². The molecule has 0 bridgehead atoms. The molecule has 1 aliphatic carbocycles. The number of halogens is 3. The Bertz CT molecular complexity index is 387. The molecule has 1 aromatic rings. The minimum Gasteiger partial charge on any atom is -0.369 e. The summed E-state index contributed by atoms with van der Waals surface area (Å²) in [6.07, 6.45) is 6.72. The number of alkyl halides is 1. The summed E-state index contributed by atoms with van der Waals surface area (Å²) >= 11 is 13.2. The lowest BCUT2D eigenvalue weighted by molar-refractivity contribution is 0.380. The standard InChI is InChI=1S/C12H15Br2ClN2/c13-9-5-10(14)12(17-7-9)16-6-8-3-1-2-4-11(8)15/h5,7-8,11H,1-4,6H2,(H,16,17). The summed E-state index contributed by atoms with van der Waals surface area (Å²) in [6.45, 7) is 0.904. The van der Waals surface area contributed by atoms with Crippen molar-refractivity contribution >= 4 is 49.3 Å². The number of anilines is 1. The number of pyridine rings is 1. The van der Waals surface area contributed by atoms with Crippen LogP contribution in [0.25, 0.3) is 0 Å². The van der Waals surface area contributed by atoms with Crippen LogP contribution in [0.2, 0.25) is 0 Å². The largest absolute Gasteiger partial charge is 0.369 e. The Morgan fingerprint density at radius 3 is 2.82 bits per heavy atom. The average Bonchev–Trinajstić information content (AvgIpc) is 2.30. The molecular formula is C12H15Br2ClN2. The Morgan fingerprint density at radius 2 is 2.12 bits per heavy atom. The van der Waals surface area contributed by atoms with Crippen molar-refractivity contribution in [1.29, 1.82) is 0 Å². The number of nitrogens with zero attached hydrogens (tertiary/aromatic N) is 1. The van der Waals surface area contributed by atoms with Gasteiger partial charge in [-0.3, -0.25) is 0 Å². The monoisotopic (exact) mass is 380 g/mol. The van der Waals surface area contributed by atoms with Crippen LogP contribution in [0.1, 0.15) is 25.7 Å². The predicted octanol–water partition coefficient (Wildman–Crippen LogP) is 4.82. The molecule has 1 aliphatic rings. The van der Waals surface area contributed by atoms with Crippen LogP contribution in [0.15, 0.2) is 21.2 Å². The summed E-state index contributed by atoms with van der Waals surface area (Å²) in [5, 5.41) is 3.69. The number of rotatable bonds is 3. The summed E-state index contributed by atoms with van der Waals surface area (Å²) in [5.41, 5.74) is 0. The second-order valence-corrected chi connectivity index (χ2v) is 6.76. The van der Waals surface area contributed by atoms with E-state index >= 15 is 0 Å². The van der Waals surface area contributed by atoms with E-state index in [-0.39, 0.29) is 0 Å². The fourth-order valence-corrected chi connectivity index (χ4v) is 3.66. The zero-order valence-corrected chi connectivity index (χ0v) is 13.4. The van der Waals surface area contributed by atoms with Crippen LogP contribution in [0.4, 0.5) is 5.82 Å². The molecule has 2 rings (SSSR count). The lowest BCUT2D eigenvalue weighted by atomic mass is 9.89. The van der Waals surface area contributed by atoms with Crippen molar-refractivity contribution in [2.45, 2.75) is 31.1 Å². The normalized spacial score (nSPS) is 24.6. The van der Waals surface area contributed by atoms with Gasteiger partial charge in [-0.05, 0) is 56.7 Å². The van der Waals surface area contributed by atoms with E-state index in [9.17, 15) is 0 Å². The predicted molar refractivity (Wildman–Crippen MR) is 79.7 cm³/mol. The fraction of sp³-hybridized carbons (Fsp3) is 0.583. The summed E-state index contributed by atoms with van der Waals surface area (Å²) in [5.74, 6) is 1.45. The smallest absolute Gasteiger partial charge is 0.140 e. The highest BCUT2D eigenvalue weighted by Gasteiger charge is 2.22. The van der Waals surface area contributed by atoms with Gasteiger partial charge in [0.2, 0.25) is 0 Å². The number of hydrogen-bond acceptors (Lipinski definition) is 2. The third kappa shape index (κ3) is 3.83. The topological polar surface area (TPSA) is 24.9 Å². The van der Waals surface area contributed by atoms with Crippen molar-refractivity contribution in [3.05, 3.63) is 21.2 Å². The second kappa shape index (κ2) is 6.39. The van der Waals surface area contributed by atoms with Crippen LogP contribution in [-0.4, -0.2) is 16.9 Å². The average molecular weight is 383 g/mol. The summed E-state index contributed by atoms with van der Waals surface area (Å²) < 4.78 is 1.96. The first-order chi connectivity index (χ1) is 8.16. The zero-order chi connectivity index (χ0) is 12.3. The quantitative estimate of drug-likeness (QED) is 0.759. The molecule has 0 radical (unpaired) electrons. The molecule has 94 valence electrons. The second-order valence-electron chi connectivity index (χ2n) is 4.43. The fourth-order valence-electron chi connectivity index (χ4n) is 2.16. The molecule has 0 aliphatic heterocycles.